The molecule has 0 unspecified atom stereocenters. The van der Waals surface area contributed by atoms with E-state index in [9.17, 15) is 4.79 Å². The fraction of sp³-hybridized carbons (Fsp3) is 0.278. The summed E-state index contributed by atoms with van der Waals surface area (Å²) in [4.78, 5) is 12.5. The second kappa shape index (κ2) is 8.08. The first-order valence-electron chi connectivity index (χ1n) is 7.51. The van der Waals surface area contributed by atoms with Gasteiger partial charge in [0.1, 0.15) is 11.5 Å². The van der Waals surface area contributed by atoms with Gasteiger partial charge in [0.15, 0.2) is 0 Å². The van der Waals surface area contributed by atoms with Crippen LogP contribution in [0.3, 0.4) is 0 Å². The van der Waals surface area contributed by atoms with Gasteiger partial charge in [-0.3, -0.25) is 4.79 Å². The number of rotatable bonds is 7. The summed E-state index contributed by atoms with van der Waals surface area (Å²) in [6, 6.07) is 14.6. The van der Waals surface area contributed by atoms with E-state index in [1.165, 1.54) is 0 Å². The van der Waals surface area contributed by atoms with Crippen molar-refractivity contribution < 1.29 is 14.3 Å². The molecule has 0 aliphatic rings. The zero-order valence-electron chi connectivity index (χ0n) is 13.0. The van der Waals surface area contributed by atoms with Gasteiger partial charge in [-0.05, 0) is 37.6 Å². The third-order valence-electron chi connectivity index (χ3n) is 3.03. The van der Waals surface area contributed by atoms with Crippen LogP contribution in [0.2, 0.25) is 0 Å². The van der Waals surface area contributed by atoms with Crippen molar-refractivity contribution >= 4 is 11.6 Å². The van der Waals surface area contributed by atoms with E-state index < -0.39 is 0 Å². The quantitative estimate of drug-likeness (QED) is 0.836. The lowest BCUT2D eigenvalue weighted by Crippen LogP contribution is -2.14. The number of nitrogens with one attached hydrogen (secondary N) is 1. The first-order valence-corrected chi connectivity index (χ1v) is 7.51. The molecular weight excluding hydrogens is 278 g/mol. The van der Waals surface area contributed by atoms with Crippen molar-refractivity contribution in [2.45, 2.75) is 20.3 Å². The number of hydrogen-bond acceptors (Lipinski definition) is 3. The lowest BCUT2D eigenvalue weighted by atomic mass is 10.2. The Bertz CT molecular complexity index is 625. The molecule has 0 aromatic heterocycles. The van der Waals surface area contributed by atoms with Crippen LogP contribution in [-0.4, -0.2) is 19.1 Å². The van der Waals surface area contributed by atoms with Gasteiger partial charge >= 0.3 is 0 Å². The molecule has 116 valence electrons. The molecular formula is C18H21NO3. The molecule has 0 saturated carbocycles. The van der Waals surface area contributed by atoms with Crippen molar-refractivity contribution in [3.8, 4) is 11.5 Å². The number of ether oxygens (including phenoxy) is 2. The van der Waals surface area contributed by atoms with Crippen LogP contribution in [0.5, 0.6) is 11.5 Å². The van der Waals surface area contributed by atoms with E-state index in [2.05, 4.69) is 5.32 Å². The number of amides is 1. The average molecular weight is 299 g/mol. The predicted octanol–water partition coefficient (Wildman–Crippen LogP) is 4.13. The molecule has 0 radical (unpaired) electrons. The van der Waals surface area contributed by atoms with Crippen molar-refractivity contribution in [2.75, 3.05) is 18.5 Å². The fourth-order valence-corrected chi connectivity index (χ4v) is 2.03. The van der Waals surface area contributed by atoms with Gasteiger partial charge in [0.2, 0.25) is 0 Å². The average Bonchev–Trinajstić information content (AvgIpc) is 2.55. The van der Waals surface area contributed by atoms with Crippen molar-refractivity contribution in [3.63, 3.8) is 0 Å². The van der Waals surface area contributed by atoms with Crippen molar-refractivity contribution in [1.29, 1.82) is 0 Å². The first kappa shape index (κ1) is 15.9. The van der Waals surface area contributed by atoms with Crippen molar-refractivity contribution in [3.05, 3.63) is 54.1 Å². The van der Waals surface area contributed by atoms with Gasteiger partial charge in [0, 0.05) is 0 Å². The van der Waals surface area contributed by atoms with E-state index in [4.69, 9.17) is 9.47 Å². The third-order valence-corrected chi connectivity index (χ3v) is 3.03. The Morgan fingerprint density at radius 2 is 1.64 bits per heavy atom. The predicted molar refractivity (Wildman–Crippen MR) is 87.8 cm³/mol. The smallest absolute Gasteiger partial charge is 0.259 e. The van der Waals surface area contributed by atoms with Crippen LogP contribution in [0.1, 0.15) is 30.6 Å². The summed E-state index contributed by atoms with van der Waals surface area (Å²) in [5, 5.41) is 2.89. The van der Waals surface area contributed by atoms with Crippen LogP contribution < -0.4 is 14.8 Å². The van der Waals surface area contributed by atoms with Gasteiger partial charge in [-0.15, -0.1) is 0 Å². The number of para-hydroxylation sites is 3. The molecule has 1 amide bonds. The number of anilines is 1. The summed E-state index contributed by atoms with van der Waals surface area (Å²) < 4.78 is 11.2. The highest BCUT2D eigenvalue weighted by atomic mass is 16.5. The lowest BCUT2D eigenvalue weighted by Gasteiger charge is -2.13. The Hall–Kier alpha value is -2.49. The van der Waals surface area contributed by atoms with Gasteiger partial charge in [-0.1, -0.05) is 31.2 Å². The van der Waals surface area contributed by atoms with E-state index >= 15 is 0 Å². The van der Waals surface area contributed by atoms with Crippen LogP contribution >= 0.6 is 0 Å². The summed E-state index contributed by atoms with van der Waals surface area (Å²) in [6.07, 6.45) is 0.912. The lowest BCUT2D eigenvalue weighted by molar-refractivity contribution is 0.102. The third kappa shape index (κ3) is 4.01. The second-order valence-electron chi connectivity index (χ2n) is 4.73. The van der Waals surface area contributed by atoms with E-state index in [0.29, 0.717) is 36.0 Å². The SMILES string of the molecule is CCCOc1ccccc1NC(=O)c1ccccc1OCC. The molecule has 0 bridgehead atoms. The molecule has 0 aliphatic carbocycles. The number of benzene rings is 2. The molecule has 2 aromatic rings. The van der Waals surface area contributed by atoms with Crippen LogP contribution in [0, 0.1) is 0 Å². The summed E-state index contributed by atoms with van der Waals surface area (Å²) >= 11 is 0. The van der Waals surface area contributed by atoms with Gasteiger partial charge in [0.25, 0.3) is 5.91 Å². The van der Waals surface area contributed by atoms with Crippen LogP contribution in [0.15, 0.2) is 48.5 Å². The van der Waals surface area contributed by atoms with E-state index in [0.717, 1.165) is 6.42 Å². The molecule has 0 spiro atoms. The van der Waals surface area contributed by atoms with Crippen molar-refractivity contribution in [2.24, 2.45) is 0 Å². The summed E-state index contributed by atoms with van der Waals surface area (Å²) in [5.74, 6) is 1.04. The zero-order valence-corrected chi connectivity index (χ0v) is 13.0. The summed E-state index contributed by atoms with van der Waals surface area (Å²) in [6.45, 7) is 5.06. The molecule has 22 heavy (non-hydrogen) atoms. The van der Waals surface area contributed by atoms with Gasteiger partial charge in [0.05, 0.1) is 24.5 Å². The Morgan fingerprint density at radius 3 is 2.36 bits per heavy atom. The number of carbonyl (C=O) groups excluding carboxylic acids is 1. The zero-order chi connectivity index (χ0) is 15.8. The van der Waals surface area contributed by atoms with E-state index in [1.807, 2.05) is 50.2 Å². The van der Waals surface area contributed by atoms with E-state index in [-0.39, 0.29) is 5.91 Å². The number of carbonyl (C=O) groups is 1. The monoisotopic (exact) mass is 299 g/mol. The largest absolute Gasteiger partial charge is 0.493 e. The Labute approximate surface area is 131 Å². The minimum absolute atomic E-state index is 0.211. The van der Waals surface area contributed by atoms with Crippen LogP contribution in [0.25, 0.3) is 0 Å². The second-order valence-corrected chi connectivity index (χ2v) is 4.73. The molecule has 4 nitrogen and oxygen atoms in total. The molecule has 0 saturated heterocycles. The highest BCUT2D eigenvalue weighted by molar-refractivity contribution is 6.06. The summed E-state index contributed by atoms with van der Waals surface area (Å²) in [7, 11) is 0. The Kier molecular flexibility index (Phi) is 5.83. The molecule has 0 aliphatic heterocycles. The van der Waals surface area contributed by atoms with E-state index in [1.54, 1.807) is 12.1 Å². The van der Waals surface area contributed by atoms with Gasteiger partial charge < -0.3 is 14.8 Å². The summed E-state index contributed by atoms with van der Waals surface area (Å²) in [5.41, 5.74) is 1.17. The minimum Gasteiger partial charge on any atom is -0.493 e. The molecule has 2 rings (SSSR count). The molecule has 1 N–H and O–H groups in total. The highest BCUT2D eigenvalue weighted by Gasteiger charge is 2.14. The Morgan fingerprint density at radius 1 is 0.955 bits per heavy atom. The molecule has 0 atom stereocenters. The first-order chi connectivity index (χ1) is 10.8. The van der Waals surface area contributed by atoms with Gasteiger partial charge in [-0.25, -0.2) is 0 Å². The maximum absolute atomic E-state index is 12.5. The van der Waals surface area contributed by atoms with Gasteiger partial charge in [-0.2, -0.15) is 0 Å². The van der Waals surface area contributed by atoms with Crippen LogP contribution in [-0.2, 0) is 0 Å². The molecule has 4 heteroatoms. The topological polar surface area (TPSA) is 47.6 Å². The van der Waals surface area contributed by atoms with Crippen molar-refractivity contribution in [1.82, 2.24) is 0 Å². The highest BCUT2D eigenvalue weighted by Crippen LogP contribution is 2.26. The maximum atomic E-state index is 12.5. The number of hydrogen-bond donors (Lipinski definition) is 1. The van der Waals surface area contributed by atoms with Crippen LogP contribution in [0.4, 0.5) is 5.69 Å². The molecule has 2 aromatic carbocycles. The molecule has 0 fully saturated rings. The Balaban J connectivity index is 2.19. The minimum atomic E-state index is -0.211. The maximum Gasteiger partial charge on any atom is 0.259 e. The fourth-order valence-electron chi connectivity index (χ4n) is 2.03. The molecule has 0 heterocycles. The standard InChI is InChI=1S/C18H21NO3/c1-3-13-22-17-12-8-6-10-15(17)19-18(20)14-9-5-7-11-16(14)21-4-2/h5-12H,3-4,13H2,1-2H3,(H,19,20). The normalized spacial score (nSPS) is 10.1.